The average Bonchev–Trinajstić information content (AvgIpc) is 4.17. The lowest BCUT2D eigenvalue weighted by molar-refractivity contribution is -0.138. The fourth-order valence-electron chi connectivity index (χ4n) is 8.96. The highest BCUT2D eigenvalue weighted by Gasteiger charge is 2.43. The number of likely N-dealkylation sites (tertiary alicyclic amines) is 2. The van der Waals surface area contributed by atoms with Crippen molar-refractivity contribution in [2.45, 2.75) is 74.9 Å². The topological polar surface area (TPSA) is 125 Å². The number of nitrogens with zero attached hydrogens (tertiary/aromatic N) is 4. The fourth-order valence-corrected chi connectivity index (χ4v) is 11.1. The van der Waals surface area contributed by atoms with Crippen LogP contribution in [-0.4, -0.2) is 75.4 Å². The summed E-state index contributed by atoms with van der Waals surface area (Å²) in [6.45, 7) is 0.0814. The van der Waals surface area contributed by atoms with Gasteiger partial charge in [0.1, 0.15) is 28.4 Å². The minimum atomic E-state index is -1.20. The molecule has 10 nitrogen and oxygen atoms in total. The standard InChI is InChI=1S/C51H48F2N6O4S2/c52-38-23-41(58(28-38)50(62)40(32-7-3-1-4-8-32)25-54-46(60)36-19-20-36)48-55-26-43(64-48)33-15-11-30(12-16-33)31-13-17-34(18-14-31)44-27-56-49(65-44)42-24-39(53)29-59(42)51(63)45(35-9-5-2-6-10-35)57-47(61)37-21-22-37/h1-18,26-27,36-42,45H,19-25,28-29H2,(H,54,60)(H,57,61)/t38-,39-,40?,41+,42+,45-/m1/s1. The zero-order chi connectivity index (χ0) is 44.6. The third kappa shape index (κ3) is 9.37. The van der Waals surface area contributed by atoms with Crippen LogP contribution in [0.1, 0.15) is 83.7 Å². The van der Waals surface area contributed by atoms with E-state index in [1.807, 2.05) is 109 Å². The lowest BCUT2D eigenvalue weighted by Crippen LogP contribution is -2.43. The Morgan fingerprint density at radius 1 is 0.585 bits per heavy atom. The van der Waals surface area contributed by atoms with Crippen LogP contribution in [0.15, 0.2) is 122 Å². The first-order chi connectivity index (χ1) is 31.7. The van der Waals surface area contributed by atoms with Gasteiger partial charge in [-0.25, -0.2) is 18.7 Å². The molecule has 4 amide bonds. The third-order valence-electron chi connectivity index (χ3n) is 12.9. The van der Waals surface area contributed by atoms with Gasteiger partial charge in [0.2, 0.25) is 17.7 Å². The summed E-state index contributed by atoms with van der Waals surface area (Å²) in [5, 5.41) is 7.25. The number of benzene rings is 4. The van der Waals surface area contributed by atoms with Crippen LogP contribution in [0.4, 0.5) is 8.78 Å². The molecule has 2 aliphatic heterocycles. The first-order valence-corrected chi connectivity index (χ1v) is 24.0. The number of alkyl halides is 2. The Morgan fingerprint density at radius 3 is 1.52 bits per heavy atom. The summed E-state index contributed by atoms with van der Waals surface area (Å²) < 4.78 is 30.2. The molecule has 65 heavy (non-hydrogen) atoms. The van der Waals surface area contributed by atoms with Crippen molar-refractivity contribution in [2.75, 3.05) is 19.6 Å². The number of hydrogen-bond acceptors (Lipinski definition) is 8. The molecule has 0 radical (unpaired) electrons. The molecular weight excluding hydrogens is 863 g/mol. The first kappa shape index (κ1) is 42.8. The lowest BCUT2D eigenvalue weighted by Gasteiger charge is -2.28. The minimum Gasteiger partial charge on any atom is -0.355 e. The molecular formula is C51H48F2N6O4S2. The number of thiazole rings is 2. The summed E-state index contributed by atoms with van der Waals surface area (Å²) in [5.74, 6) is -1.43. The molecule has 2 N–H and O–H groups in total. The van der Waals surface area contributed by atoms with Gasteiger partial charge in [0.05, 0.1) is 40.8 Å². The maximum Gasteiger partial charge on any atom is 0.250 e. The van der Waals surface area contributed by atoms with Gasteiger partial charge in [-0.3, -0.25) is 19.2 Å². The van der Waals surface area contributed by atoms with Gasteiger partial charge in [0.25, 0.3) is 5.91 Å². The SMILES string of the molecule is O=C(NCC(C(=O)N1C[C@H](F)C[C@H]1c1ncc(-c2ccc(-c3ccc(-c4cnc([C@@H]5C[C@@H](F)CN5C(=O)[C@H](NC(=O)C5CC5)c5ccccc5)s4)cc3)cc2)s1)c1ccccc1)C1CC1. The van der Waals surface area contributed by atoms with Crippen molar-refractivity contribution in [3.05, 3.63) is 143 Å². The van der Waals surface area contributed by atoms with Gasteiger partial charge in [-0.05, 0) is 59.1 Å². The van der Waals surface area contributed by atoms with Crippen molar-refractivity contribution < 1.29 is 28.0 Å². The van der Waals surface area contributed by atoms with Crippen molar-refractivity contribution in [2.24, 2.45) is 11.8 Å². The van der Waals surface area contributed by atoms with Gasteiger partial charge in [-0.1, -0.05) is 109 Å². The van der Waals surface area contributed by atoms with Crippen LogP contribution in [0, 0.1) is 11.8 Å². The van der Waals surface area contributed by atoms with E-state index in [9.17, 15) is 19.2 Å². The molecule has 2 saturated heterocycles. The summed E-state index contributed by atoms with van der Waals surface area (Å²) in [6.07, 6.45) is 4.83. The molecule has 0 spiro atoms. The summed E-state index contributed by atoms with van der Waals surface area (Å²) >= 11 is 2.90. The average molecular weight is 911 g/mol. The molecule has 2 saturated carbocycles. The maximum absolute atomic E-state index is 15.1. The summed E-state index contributed by atoms with van der Waals surface area (Å²) in [5.41, 5.74) is 5.38. The minimum absolute atomic E-state index is 0.0164. The molecule has 6 atom stereocenters. The molecule has 4 aliphatic rings. The van der Waals surface area contributed by atoms with E-state index in [4.69, 9.17) is 9.97 Å². The lowest BCUT2D eigenvalue weighted by atomic mass is 9.97. The smallest absolute Gasteiger partial charge is 0.250 e. The molecule has 14 heteroatoms. The van der Waals surface area contributed by atoms with Gasteiger partial charge in [-0.15, -0.1) is 22.7 Å². The Hall–Kier alpha value is -6.12. The molecule has 4 fully saturated rings. The van der Waals surface area contributed by atoms with Crippen LogP contribution in [-0.2, 0) is 19.2 Å². The maximum atomic E-state index is 15.1. The van der Waals surface area contributed by atoms with E-state index >= 15 is 8.78 Å². The van der Waals surface area contributed by atoms with E-state index < -0.39 is 36.4 Å². The largest absolute Gasteiger partial charge is 0.355 e. The number of nitrogens with one attached hydrogen (secondary N) is 2. The van der Waals surface area contributed by atoms with Gasteiger partial charge in [-0.2, -0.15) is 0 Å². The zero-order valence-electron chi connectivity index (χ0n) is 35.5. The molecule has 6 aromatic rings. The van der Waals surface area contributed by atoms with Gasteiger partial charge in [0, 0.05) is 43.6 Å². The predicted molar refractivity (Wildman–Crippen MR) is 247 cm³/mol. The van der Waals surface area contributed by atoms with Crippen LogP contribution in [0.2, 0.25) is 0 Å². The number of amides is 4. The van der Waals surface area contributed by atoms with Crippen molar-refractivity contribution in [1.82, 2.24) is 30.4 Å². The first-order valence-electron chi connectivity index (χ1n) is 22.4. The van der Waals surface area contributed by atoms with Crippen LogP contribution < -0.4 is 10.6 Å². The number of carbonyl (C=O) groups is 4. The molecule has 10 rings (SSSR count). The molecule has 4 aromatic carbocycles. The normalized spacial score (nSPS) is 21.5. The van der Waals surface area contributed by atoms with E-state index in [0.717, 1.165) is 63.3 Å². The molecule has 0 bridgehead atoms. The number of halogens is 2. The summed E-state index contributed by atoms with van der Waals surface area (Å²) in [7, 11) is 0. The number of carbonyl (C=O) groups excluding carboxylic acids is 4. The Labute approximate surface area is 384 Å². The Balaban J connectivity index is 0.806. The second-order valence-corrected chi connectivity index (χ2v) is 19.7. The zero-order valence-corrected chi connectivity index (χ0v) is 37.2. The highest BCUT2D eigenvalue weighted by Crippen LogP contribution is 2.42. The fraction of sp³-hybridized carbons (Fsp3) is 0.333. The number of aromatic nitrogens is 2. The van der Waals surface area contributed by atoms with E-state index in [-0.39, 0.29) is 67.9 Å². The van der Waals surface area contributed by atoms with Crippen LogP contribution in [0.5, 0.6) is 0 Å². The van der Waals surface area contributed by atoms with Gasteiger partial charge >= 0.3 is 0 Å². The predicted octanol–water partition coefficient (Wildman–Crippen LogP) is 9.40. The molecule has 332 valence electrons. The Kier molecular flexibility index (Phi) is 12.1. The van der Waals surface area contributed by atoms with Crippen LogP contribution in [0.25, 0.3) is 32.0 Å². The van der Waals surface area contributed by atoms with Gasteiger partial charge in [0.15, 0.2) is 0 Å². The van der Waals surface area contributed by atoms with Crippen molar-refractivity contribution >= 4 is 46.3 Å². The molecule has 2 aliphatic carbocycles. The molecule has 1 unspecified atom stereocenters. The monoisotopic (exact) mass is 910 g/mol. The van der Waals surface area contributed by atoms with E-state index in [1.54, 1.807) is 22.2 Å². The number of hydrogen-bond donors (Lipinski definition) is 2. The summed E-state index contributed by atoms with van der Waals surface area (Å²) in [6, 6.07) is 32.9. The van der Waals surface area contributed by atoms with E-state index in [1.165, 1.54) is 22.7 Å². The summed E-state index contributed by atoms with van der Waals surface area (Å²) in [4.78, 5) is 68.0. The van der Waals surface area contributed by atoms with E-state index in [2.05, 4.69) is 10.6 Å². The van der Waals surface area contributed by atoms with Gasteiger partial charge < -0.3 is 20.4 Å². The number of rotatable bonds is 14. The van der Waals surface area contributed by atoms with Crippen LogP contribution >= 0.6 is 22.7 Å². The second kappa shape index (κ2) is 18.4. The van der Waals surface area contributed by atoms with Crippen molar-refractivity contribution in [3.63, 3.8) is 0 Å². The van der Waals surface area contributed by atoms with Crippen LogP contribution in [0.3, 0.4) is 0 Å². The third-order valence-corrected chi connectivity index (χ3v) is 15.2. The molecule has 4 heterocycles. The quantitative estimate of drug-likeness (QED) is 0.112. The Bertz CT molecular complexity index is 2670. The Morgan fingerprint density at radius 2 is 1.03 bits per heavy atom. The second-order valence-electron chi connectivity index (χ2n) is 17.6. The highest BCUT2D eigenvalue weighted by atomic mass is 32.1. The molecule has 2 aromatic heterocycles. The van der Waals surface area contributed by atoms with E-state index in [0.29, 0.717) is 15.6 Å². The van der Waals surface area contributed by atoms with Crippen molar-refractivity contribution in [3.8, 4) is 32.0 Å². The highest BCUT2D eigenvalue weighted by molar-refractivity contribution is 7.15. The van der Waals surface area contributed by atoms with Crippen molar-refractivity contribution in [1.29, 1.82) is 0 Å².